The standard InChI is InChI=1S/C11H16ClN5/c1-3-16(4-2)10-9-11(14-7-13-10)17(6-5-12)8-15-9/h7-8H,3-6H2,1-2H3. The topological polar surface area (TPSA) is 46.8 Å². The number of alkyl halides is 1. The van der Waals surface area contributed by atoms with E-state index in [0.717, 1.165) is 30.1 Å². The van der Waals surface area contributed by atoms with E-state index in [0.29, 0.717) is 12.4 Å². The van der Waals surface area contributed by atoms with Crippen LogP contribution in [-0.4, -0.2) is 38.5 Å². The third-order valence-electron chi connectivity index (χ3n) is 2.77. The lowest BCUT2D eigenvalue weighted by atomic mass is 10.4. The molecular weight excluding hydrogens is 238 g/mol. The van der Waals surface area contributed by atoms with Crippen molar-refractivity contribution in [3.05, 3.63) is 12.7 Å². The van der Waals surface area contributed by atoms with Gasteiger partial charge in [-0.1, -0.05) is 0 Å². The van der Waals surface area contributed by atoms with Crippen LogP contribution in [0.4, 0.5) is 5.82 Å². The molecule has 0 aliphatic rings. The summed E-state index contributed by atoms with van der Waals surface area (Å²) in [6, 6.07) is 0. The predicted molar refractivity (Wildman–Crippen MR) is 69.6 cm³/mol. The summed E-state index contributed by atoms with van der Waals surface area (Å²) in [4.78, 5) is 15.2. The predicted octanol–water partition coefficient (Wildman–Crippen LogP) is 1.91. The van der Waals surface area contributed by atoms with Crippen LogP contribution in [0.2, 0.25) is 0 Å². The summed E-state index contributed by atoms with van der Waals surface area (Å²) in [5.74, 6) is 1.45. The average molecular weight is 254 g/mol. The van der Waals surface area contributed by atoms with Gasteiger partial charge in [-0.05, 0) is 13.8 Å². The molecule has 0 unspecified atom stereocenters. The SMILES string of the molecule is CCN(CC)c1ncnc2c1ncn2CCCl. The minimum Gasteiger partial charge on any atom is -0.355 e. The summed E-state index contributed by atoms with van der Waals surface area (Å²) in [6.07, 6.45) is 3.36. The summed E-state index contributed by atoms with van der Waals surface area (Å²) >= 11 is 5.75. The lowest BCUT2D eigenvalue weighted by Gasteiger charge is -2.19. The van der Waals surface area contributed by atoms with Gasteiger partial charge in [0.2, 0.25) is 0 Å². The molecule has 0 fully saturated rings. The van der Waals surface area contributed by atoms with Crippen LogP contribution in [0.3, 0.4) is 0 Å². The van der Waals surface area contributed by atoms with Crippen molar-refractivity contribution < 1.29 is 0 Å². The fraction of sp³-hybridized carbons (Fsp3) is 0.545. The van der Waals surface area contributed by atoms with Gasteiger partial charge >= 0.3 is 0 Å². The Morgan fingerprint density at radius 1 is 1.24 bits per heavy atom. The number of aryl methyl sites for hydroxylation is 1. The second-order valence-electron chi connectivity index (χ2n) is 3.67. The summed E-state index contributed by atoms with van der Waals surface area (Å²) < 4.78 is 1.96. The van der Waals surface area contributed by atoms with Gasteiger partial charge in [0.1, 0.15) is 6.33 Å². The molecular formula is C11H16ClN5. The highest BCUT2D eigenvalue weighted by molar-refractivity contribution is 6.17. The Morgan fingerprint density at radius 2 is 2.00 bits per heavy atom. The number of fused-ring (bicyclic) bond motifs is 1. The third-order valence-corrected chi connectivity index (χ3v) is 2.94. The van der Waals surface area contributed by atoms with E-state index in [1.807, 2.05) is 4.57 Å². The van der Waals surface area contributed by atoms with E-state index in [-0.39, 0.29) is 0 Å². The van der Waals surface area contributed by atoms with Crippen LogP contribution in [0.1, 0.15) is 13.8 Å². The molecule has 0 bridgehead atoms. The molecule has 0 N–H and O–H groups in total. The van der Waals surface area contributed by atoms with Crippen molar-refractivity contribution in [3.8, 4) is 0 Å². The quantitative estimate of drug-likeness (QED) is 0.764. The van der Waals surface area contributed by atoms with Crippen molar-refractivity contribution in [2.24, 2.45) is 0 Å². The van der Waals surface area contributed by atoms with Crippen molar-refractivity contribution in [1.82, 2.24) is 19.5 Å². The molecule has 2 rings (SSSR count). The smallest absolute Gasteiger partial charge is 0.165 e. The van der Waals surface area contributed by atoms with Gasteiger partial charge < -0.3 is 9.47 Å². The fourth-order valence-corrected chi connectivity index (χ4v) is 2.06. The number of nitrogens with zero attached hydrogens (tertiary/aromatic N) is 5. The molecule has 2 aromatic heterocycles. The zero-order valence-electron chi connectivity index (χ0n) is 10.1. The maximum absolute atomic E-state index is 5.75. The van der Waals surface area contributed by atoms with Gasteiger partial charge in [0.25, 0.3) is 0 Å². The molecule has 2 heterocycles. The first-order chi connectivity index (χ1) is 8.31. The Morgan fingerprint density at radius 3 is 2.65 bits per heavy atom. The minimum absolute atomic E-state index is 0.552. The van der Waals surface area contributed by atoms with Crippen LogP contribution in [-0.2, 0) is 6.54 Å². The van der Waals surface area contributed by atoms with Crippen molar-refractivity contribution in [2.45, 2.75) is 20.4 Å². The summed E-state index contributed by atoms with van der Waals surface area (Å²) in [5, 5.41) is 0. The van der Waals surface area contributed by atoms with E-state index in [2.05, 4.69) is 33.7 Å². The first-order valence-corrected chi connectivity index (χ1v) is 6.32. The Labute approximate surface area is 105 Å². The Balaban J connectivity index is 2.51. The molecule has 0 amide bonds. The fourth-order valence-electron chi connectivity index (χ4n) is 1.88. The number of hydrogen-bond acceptors (Lipinski definition) is 4. The van der Waals surface area contributed by atoms with Crippen LogP contribution in [0.25, 0.3) is 11.2 Å². The summed E-state index contributed by atoms with van der Waals surface area (Å²) in [7, 11) is 0. The van der Waals surface area contributed by atoms with Crippen molar-refractivity contribution >= 4 is 28.6 Å². The third kappa shape index (κ3) is 2.20. The highest BCUT2D eigenvalue weighted by atomic mass is 35.5. The van der Waals surface area contributed by atoms with Gasteiger partial charge in [0.05, 0.1) is 6.33 Å². The van der Waals surface area contributed by atoms with Crippen molar-refractivity contribution in [2.75, 3.05) is 23.9 Å². The second-order valence-corrected chi connectivity index (χ2v) is 4.05. The maximum atomic E-state index is 5.75. The van der Waals surface area contributed by atoms with Crippen molar-refractivity contribution in [3.63, 3.8) is 0 Å². The molecule has 0 aliphatic heterocycles. The van der Waals surface area contributed by atoms with Crippen LogP contribution in [0.15, 0.2) is 12.7 Å². The number of rotatable bonds is 5. The molecule has 92 valence electrons. The number of anilines is 1. The minimum atomic E-state index is 0.552. The molecule has 0 atom stereocenters. The molecule has 17 heavy (non-hydrogen) atoms. The Kier molecular flexibility index (Phi) is 3.78. The average Bonchev–Trinajstić information content (AvgIpc) is 2.76. The zero-order chi connectivity index (χ0) is 12.3. The molecule has 0 radical (unpaired) electrons. The van der Waals surface area contributed by atoms with Gasteiger partial charge in [-0.25, -0.2) is 15.0 Å². The zero-order valence-corrected chi connectivity index (χ0v) is 10.9. The Bertz CT molecular complexity index is 492. The molecule has 6 heteroatoms. The molecule has 0 aliphatic carbocycles. The van der Waals surface area contributed by atoms with E-state index in [1.165, 1.54) is 0 Å². The van der Waals surface area contributed by atoms with E-state index in [9.17, 15) is 0 Å². The normalized spacial score (nSPS) is 11.0. The first-order valence-electron chi connectivity index (χ1n) is 5.78. The van der Waals surface area contributed by atoms with Gasteiger partial charge in [-0.3, -0.25) is 0 Å². The highest BCUT2D eigenvalue weighted by Gasteiger charge is 2.13. The lowest BCUT2D eigenvalue weighted by molar-refractivity contribution is 0.782. The van der Waals surface area contributed by atoms with Gasteiger partial charge in [0, 0.05) is 25.5 Å². The molecule has 0 saturated heterocycles. The van der Waals surface area contributed by atoms with Crippen LogP contribution in [0, 0.1) is 0 Å². The van der Waals surface area contributed by atoms with Crippen LogP contribution < -0.4 is 4.90 Å². The largest absolute Gasteiger partial charge is 0.355 e. The highest BCUT2D eigenvalue weighted by Crippen LogP contribution is 2.20. The molecule has 0 spiro atoms. The molecule has 0 aromatic carbocycles. The Hall–Kier alpha value is -1.36. The molecule has 5 nitrogen and oxygen atoms in total. The number of halogens is 1. The number of aromatic nitrogens is 4. The molecule has 0 saturated carbocycles. The van der Waals surface area contributed by atoms with E-state index >= 15 is 0 Å². The van der Waals surface area contributed by atoms with Crippen molar-refractivity contribution in [1.29, 1.82) is 0 Å². The van der Waals surface area contributed by atoms with E-state index < -0.39 is 0 Å². The van der Waals surface area contributed by atoms with Gasteiger partial charge in [-0.2, -0.15) is 0 Å². The van der Waals surface area contributed by atoms with Gasteiger partial charge in [-0.15, -0.1) is 11.6 Å². The monoisotopic (exact) mass is 253 g/mol. The summed E-state index contributed by atoms with van der Waals surface area (Å²) in [6.45, 7) is 6.74. The maximum Gasteiger partial charge on any atom is 0.165 e. The summed E-state index contributed by atoms with van der Waals surface area (Å²) in [5.41, 5.74) is 1.70. The lowest BCUT2D eigenvalue weighted by Crippen LogP contribution is -2.23. The van der Waals surface area contributed by atoms with E-state index in [4.69, 9.17) is 11.6 Å². The number of hydrogen-bond donors (Lipinski definition) is 0. The molecule has 2 aromatic rings. The van der Waals surface area contributed by atoms with Crippen LogP contribution >= 0.6 is 11.6 Å². The first kappa shape index (κ1) is 12.1. The van der Waals surface area contributed by atoms with Gasteiger partial charge in [0.15, 0.2) is 17.0 Å². The number of imidazole rings is 1. The second kappa shape index (κ2) is 5.31. The van der Waals surface area contributed by atoms with Crippen LogP contribution in [0.5, 0.6) is 0 Å². The van der Waals surface area contributed by atoms with E-state index in [1.54, 1.807) is 12.7 Å².